The molecule has 16 heavy (non-hydrogen) atoms. The van der Waals surface area contributed by atoms with Gasteiger partial charge in [0, 0.05) is 0 Å². The lowest BCUT2D eigenvalue weighted by Crippen LogP contribution is -1.88. The molecule has 0 saturated heterocycles. The number of ketones is 1. The number of benzene rings is 1. The van der Waals surface area contributed by atoms with Crippen molar-refractivity contribution < 1.29 is 4.79 Å². The van der Waals surface area contributed by atoms with Gasteiger partial charge >= 0.3 is 0 Å². The number of thiophene rings is 1. The monoisotopic (exact) mass is 292 g/mol. The summed E-state index contributed by atoms with van der Waals surface area (Å²) in [4.78, 5) is 12.5. The number of carbonyl (C=O) groups is 1. The minimum atomic E-state index is 0.0413. The van der Waals surface area contributed by atoms with Crippen LogP contribution >= 0.6 is 27.3 Å². The molecule has 0 bridgehead atoms. The summed E-state index contributed by atoms with van der Waals surface area (Å²) in [7, 11) is 0. The molecule has 1 nitrogen and oxygen atoms in total. The van der Waals surface area contributed by atoms with Crippen LogP contribution in [0.15, 0.2) is 52.3 Å². The molecule has 0 aliphatic carbocycles. The fourth-order valence-electron chi connectivity index (χ4n) is 1.26. The molecule has 0 spiro atoms. The van der Waals surface area contributed by atoms with E-state index in [0.29, 0.717) is 0 Å². The Hall–Kier alpha value is -1.19. The van der Waals surface area contributed by atoms with Gasteiger partial charge < -0.3 is 0 Å². The van der Waals surface area contributed by atoms with Gasteiger partial charge in [-0.15, -0.1) is 11.3 Å². The maximum Gasteiger partial charge on any atom is 0.195 e. The molecule has 80 valence electrons. The first-order valence-electron chi connectivity index (χ1n) is 4.78. The maximum atomic E-state index is 11.7. The predicted octanol–water partition coefficient (Wildman–Crippen LogP) is 4.41. The number of rotatable bonds is 3. The number of hydrogen-bond acceptors (Lipinski definition) is 2. The van der Waals surface area contributed by atoms with E-state index in [-0.39, 0.29) is 5.78 Å². The van der Waals surface area contributed by atoms with Gasteiger partial charge in [-0.3, -0.25) is 4.79 Å². The lowest BCUT2D eigenvalue weighted by Gasteiger charge is -1.91. The normalized spacial score (nSPS) is 10.8. The molecule has 0 unspecified atom stereocenters. The Morgan fingerprint density at radius 1 is 1.12 bits per heavy atom. The summed E-state index contributed by atoms with van der Waals surface area (Å²) in [5.41, 5.74) is 1.03. The largest absolute Gasteiger partial charge is 0.288 e. The summed E-state index contributed by atoms with van der Waals surface area (Å²) < 4.78 is 0.976. The molecule has 1 aromatic carbocycles. The molecule has 1 heterocycles. The minimum Gasteiger partial charge on any atom is -0.288 e. The van der Waals surface area contributed by atoms with E-state index in [1.54, 1.807) is 6.08 Å². The van der Waals surface area contributed by atoms with E-state index in [9.17, 15) is 4.79 Å². The molecule has 0 radical (unpaired) electrons. The van der Waals surface area contributed by atoms with Gasteiger partial charge in [-0.2, -0.15) is 0 Å². The van der Waals surface area contributed by atoms with Crippen LogP contribution in [-0.4, -0.2) is 5.78 Å². The zero-order valence-electron chi connectivity index (χ0n) is 8.39. The zero-order chi connectivity index (χ0) is 11.4. The average molecular weight is 293 g/mol. The van der Waals surface area contributed by atoms with E-state index in [1.165, 1.54) is 11.3 Å². The van der Waals surface area contributed by atoms with Crippen LogP contribution in [0.2, 0.25) is 0 Å². The van der Waals surface area contributed by atoms with Crippen molar-refractivity contribution in [3.8, 4) is 0 Å². The standard InChI is InChI=1S/C13H9BrOS/c14-13-9-8-12(16-13)11(15)7-6-10-4-2-1-3-5-10/h1-9H/b7-6+. The molecular formula is C13H9BrOS. The highest BCUT2D eigenvalue weighted by Crippen LogP contribution is 2.22. The fourth-order valence-corrected chi connectivity index (χ4v) is 2.57. The van der Waals surface area contributed by atoms with Gasteiger partial charge in [0.2, 0.25) is 0 Å². The molecular weight excluding hydrogens is 284 g/mol. The van der Waals surface area contributed by atoms with Crippen molar-refractivity contribution in [3.63, 3.8) is 0 Å². The second kappa shape index (κ2) is 5.23. The SMILES string of the molecule is O=C(/C=C/c1ccccc1)c1ccc(Br)s1. The van der Waals surface area contributed by atoms with Crippen LogP contribution < -0.4 is 0 Å². The van der Waals surface area contributed by atoms with Crippen molar-refractivity contribution in [2.24, 2.45) is 0 Å². The fraction of sp³-hybridized carbons (Fsp3) is 0. The first-order valence-corrected chi connectivity index (χ1v) is 6.39. The Balaban J connectivity index is 2.11. The van der Waals surface area contributed by atoms with Crippen LogP contribution in [0.5, 0.6) is 0 Å². The molecule has 0 aliphatic rings. The molecule has 0 atom stereocenters. The van der Waals surface area contributed by atoms with Gasteiger partial charge in [-0.05, 0) is 39.7 Å². The molecule has 0 N–H and O–H groups in total. The van der Waals surface area contributed by atoms with Crippen molar-refractivity contribution in [1.29, 1.82) is 0 Å². The van der Waals surface area contributed by atoms with Gasteiger partial charge in [0.05, 0.1) is 8.66 Å². The third-order valence-electron chi connectivity index (χ3n) is 2.04. The lowest BCUT2D eigenvalue weighted by molar-refractivity contribution is 0.105. The summed E-state index contributed by atoms with van der Waals surface area (Å²) in [5, 5.41) is 0. The van der Waals surface area contributed by atoms with Crippen molar-refractivity contribution in [2.45, 2.75) is 0 Å². The van der Waals surface area contributed by atoms with Gasteiger partial charge in [-0.1, -0.05) is 36.4 Å². The second-order valence-electron chi connectivity index (χ2n) is 3.21. The Morgan fingerprint density at radius 3 is 2.50 bits per heavy atom. The van der Waals surface area contributed by atoms with Gasteiger partial charge in [0.1, 0.15) is 0 Å². The summed E-state index contributed by atoms with van der Waals surface area (Å²) in [6.45, 7) is 0. The van der Waals surface area contributed by atoms with Crippen LogP contribution in [-0.2, 0) is 0 Å². The summed E-state index contributed by atoms with van der Waals surface area (Å²) >= 11 is 4.79. The highest BCUT2D eigenvalue weighted by molar-refractivity contribution is 9.11. The van der Waals surface area contributed by atoms with E-state index in [1.807, 2.05) is 48.5 Å². The summed E-state index contributed by atoms with van der Waals surface area (Å²) in [5.74, 6) is 0.0413. The molecule has 3 heteroatoms. The van der Waals surface area contributed by atoms with Crippen LogP contribution in [0.4, 0.5) is 0 Å². The number of hydrogen-bond donors (Lipinski definition) is 0. The molecule has 0 aliphatic heterocycles. The van der Waals surface area contributed by atoms with Crippen molar-refractivity contribution in [1.82, 2.24) is 0 Å². The van der Waals surface area contributed by atoms with Gasteiger partial charge in [-0.25, -0.2) is 0 Å². The molecule has 0 amide bonds. The number of allylic oxidation sites excluding steroid dienone is 1. The lowest BCUT2D eigenvalue weighted by atomic mass is 10.2. The number of halogens is 1. The number of carbonyl (C=O) groups excluding carboxylic acids is 1. The topological polar surface area (TPSA) is 17.1 Å². The van der Waals surface area contributed by atoms with Crippen LogP contribution in [0, 0.1) is 0 Å². The van der Waals surface area contributed by atoms with E-state index < -0.39 is 0 Å². The average Bonchev–Trinajstić information content (AvgIpc) is 2.74. The quantitative estimate of drug-likeness (QED) is 0.605. The Labute approximate surface area is 107 Å². The Morgan fingerprint density at radius 2 is 1.88 bits per heavy atom. The third-order valence-corrected chi connectivity index (χ3v) is 3.68. The smallest absolute Gasteiger partial charge is 0.195 e. The first kappa shape index (κ1) is 11.3. The second-order valence-corrected chi connectivity index (χ2v) is 5.68. The molecule has 0 fully saturated rings. The Bertz CT molecular complexity index is 514. The highest BCUT2D eigenvalue weighted by atomic mass is 79.9. The van der Waals surface area contributed by atoms with Crippen LogP contribution in [0.25, 0.3) is 6.08 Å². The van der Waals surface area contributed by atoms with E-state index in [0.717, 1.165) is 14.2 Å². The first-order chi connectivity index (χ1) is 7.75. The van der Waals surface area contributed by atoms with E-state index >= 15 is 0 Å². The van der Waals surface area contributed by atoms with E-state index in [2.05, 4.69) is 15.9 Å². The van der Waals surface area contributed by atoms with Gasteiger partial charge in [0.25, 0.3) is 0 Å². The van der Waals surface area contributed by atoms with Crippen molar-refractivity contribution in [3.05, 3.63) is 62.8 Å². The molecule has 1 aromatic heterocycles. The third kappa shape index (κ3) is 2.90. The van der Waals surface area contributed by atoms with Crippen molar-refractivity contribution in [2.75, 3.05) is 0 Å². The predicted molar refractivity (Wildman–Crippen MR) is 71.8 cm³/mol. The Kier molecular flexibility index (Phi) is 3.70. The van der Waals surface area contributed by atoms with Gasteiger partial charge in [0.15, 0.2) is 5.78 Å². The maximum absolute atomic E-state index is 11.7. The molecule has 2 rings (SSSR count). The minimum absolute atomic E-state index is 0.0413. The highest BCUT2D eigenvalue weighted by Gasteiger charge is 2.04. The molecule has 0 saturated carbocycles. The van der Waals surface area contributed by atoms with Crippen LogP contribution in [0.3, 0.4) is 0 Å². The molecule has 2 aromatic rings. The van der Waals surface area contributed by atoms with E-state index in [4.69, 9.17) is 0 Å². The summed E-state index contributed by atoms with van der Waals surface area (Å²) in [6.07, 6.45) is 3.43. The zero-order valence-corrected chi connectivity index (χ0v) is 10.8. The van der Waals surface area contributed by atoms with Crippen molar-refractivity contribution >= 4 is 39.1 Å². The van der Waals surface area contributed by atoms with Crippen LogP contribution in [0.1, 0.15) is 15.2 Å². The summed E-state index contributed by atoms with van der Waals surface area (Å²) in [6, 6.07) is 13.5.